The highest BCUT2D eigenvalue weighted by Crippen LogP contribution is 2.23. The minimum Gasteiger partial charge on any atom is -0.394 e. The molecule has 9 unspecified atom stereocenters. The molecule has 8 N–H and O–H groups in total. The molecule has 1 aliphatic rings. The molecule has 1 fully saturated rings. The Labute approximate surface area is 282 Å². The van der Waals surface area contributed by atoms with Crippen molar-refractivity contribution in [2.45, 2.75) is 172 Å². The van der Waals surface area contributed by atoms with Crippen molar-refractivity contribution in [1.29, 1.82) is 0 Å². The van der Waals surface area contributed by atoms with Crippen molar-refractivity contribution in [3.05, 3.63) is 36.5 Å². The molecule has 0 aromatic rings. The van der Waals surface area contributed by atoms with Crippen molar-refractivity contribution in [1.82, 2.24) is 5.32 Å². The first kappa shape index (κ1) is 43.4. The van der Waals surface area contributed by atoms with E-state index in [0.717, 1.165) is 51.4 Å². The molecule has 0 spiro atoms. The van der Waals surface area contributed by atoms with E-state index in [4.69, 9.17) is 9.47 Å². The van der Waals surface area contributed by atoms with Crippen molar-refractivity contribution in [2.75, 3.05) is 13.2 Å². The number of aliphatic hydroxyl groups is 7. The third kappa shape index (κ3) is 18.6. The van der Waals surface area contributed by atoms with Gasteiger partial charge in [0.2, 0.25) is 5.91 Å². The molecule has 47 heavy (non-hydrogen) atoms. The molecule has 0 radical (unpaired) electrons. The number of hydrogen-bond donors (Lipinski definition) is 8. The minimum absolute atomic E-state index is 0.227. The number of carbonyl (C=O) groups is 1. The number of ether oxygens (including phenoxy) is 2. The van der Waals surface area contributed by atoms with Crippen molar-refractivity contribution >= 4 is 5.91 Å². The first-order valence-electron chi connectivity index (χ1n) is 17.9. The summed E-state index contributed by atoms with van der Waals surface area (Å²) in [7, 11) is 0. The van der Waals surface area contributed by atoms with Gasteiger partial charge >= 0.3 is 0 Å². The molecule has 0 aliphatic carbocycles. The lowest BCUT2D eigenvalue weighted by Crippen LogP contribution is -2.60. The van der Waals surface area contributed by atoms with Crippen molar-refractivity contribution < 1.29 is 50.0 Å². The quantitative estimate of drug-likeness (QED) is 0.0475. The molecule has 9 atom stereocenters. The van der Waals surface area contributed by atoms with Crippen LogP contribution in [0.5, 0.6) is 0 Å². The molecule has 1 heterocycles. The smallest absolute Gasteiger partial charge is 0.249 e. The van der Waals surface area contributed by atoms with Crippen molar-refractivity contribution in [3.8, 4) is 0 Å². The lowest BCUT2D eigenvalue weighted by Gasteiger charge is -2.40. The van der Waals surface area contributed by atoms with E-state index in [0.29, 0.717) is 19.3 Å². The zero-order valence-corrected chi connectivity index (χ0v) is 28.7. The molecule has 1 saturated heterocycles. The zero-order chi connectivity index (χ0) is 34.9. The number of amides is 1. The predicted molar refractivity (Wildman–Crippen MR) is 182 cm³/mol. The monoisotopic (exact) mass is 671 g/mol. The van der Waals surface area contributed by atoms with Gasteiger partial charge < -0.3 is 50.5 Å². The van der Waals surface area contributed by atoms with Gasteiger partial charge in [0.25, 0.3) is 0 Å². The molecule has 1 aliphatic heterocycles. The van der Waals surface area contributed by atoms with E-state index in [-0.39, 0.29) is 12.8 Å². The highest BCUT2D eigenvalue weighted by atomic mass is 16.7. The number of hydrogen-bond acceptors (Lipinski definition) is 10. The predicted octanol–water partition coefficient (Wildman–Crippen LogP) is 3.32. The average molecular weight is 672 g/mol. The Hall–Kier alpha value is -1.67. The molecule has 1 rings (SSSR count). The second kappa shape index (κ2) is 27.2. The number of nitrogens with one attached hydrogen (secondary N) is 1. The van der Waals surface area contributed by atoms with Gasteiger partial charge in [-0.15, -0.1) is 0 Å². The van der Waals surface area contributed by atoms with Crippen LogP contribution >= 0.6 is 0 Å². The van der Waals surface area contributed by atoms with Gasteiger partial charge in [0.15, 0.2) is 6.29 Å². The van der Waals surface area contributed by atoms with Crippen LogP contribution in [0.2, 0.25) is 0 Å². The average Bonchev–Trinajstić information content (AvgIpc) is 3.07. The van der Waals surface area contributed by atoms with Crippen LogP contribution in [-0.4, -0.2) is 110 Å². The second-order valence-electron chi connectivity index (χ2n) is 12.6. The summed E-state index contributed by atoms with van der Waals surface area (Å²) in [5, 5.41) is 74.8. The summed E-state index contributed by atoms with van der Waals surface area (Å²) in [5.74, 6) is -0.732. The van der Waals surface area contributed by atoms with Crippen LogP contribution in [0.1, 0.15) is 117 Å². The maximum Gasteiger partial charge on any atom is 0.249 e. The van der Waals surface area contributed by atoms with E-state index in [2.05, 4.69) is 49.5 Å². The van der Waals surface area contributed by atoms with Gasteiger partial charge in [-0.3, -0.25) is 4.79 Å². The third-order valence-electron chi connectivity index (χ3n) is 8.39. The number of unbranched alkanes of at least 4 members (excludes halogenated alkanes) is 9. The summed E-state index contributed by atoms with van der Waals surface area (Å²) >= 11 is 0. The fourth-order valence-corrected chi connectivity index (χ4v) is 5.24. The largest absolute Gasteiger partial charge is 0.394 e. The Kier molecular flexibility index (Phi) is 25.1. The highest BCUT2D eigenvalue weighted by Gasteiger charge is 2.44. The SMILES string of the molecule is CCCC/C=C\CCCCCC(O)C(=O)NC(COC1OC(CO)C(O)C(O)C1O)C(O)C(O)CCC/C=C/CC/C=C/CCCC. The van der Waals surface area contributed by atoms with Crippen LogP contribution in [0.3, 0.4) is 0 Å². The van der Waals surface area contributed by atoms with Gasteiger partial charge in [-0.2, -0.15) is 0 Å². The van der Waals surface area contributed by atoms with E-state index in [1.54, 1.807) is 0 Å². The highest BCUT2D eigenvalue weighted by molar-refractivity contribution is 5.80. The Morgan fingerprint density at radius 1 is 0.723 bits per heavy atom. The summed E-state index contributed by atoms with van der Waals surface area (Å²) in [5.41, 5.74) is 0. The maximum absolute atomic E-state index is 12.9. The Morgan fingerprint density at radius 3 is 1.85 bits per heavy atom. The topological polar surface area (TPSA) is 189 Å². The van der Waals surface area contributed by atoms with Crippen LogP contribution < -0.4 is 5.32 Å². The number of aliphatic hydroxyl groups excluding tert-OH is 7. The molecule has 0 aromatic heterocycles. The van der Waals surface area contributed by atoms with E-state index >= 15 is 0 Å². The Morgan fingerprint density at radius 2 is 1.28 bits per heavy atom. The van der Waals surface area contributed by atoms with E-state index in [1.807, 2.05) is 6.08 Å². The standard InChI is InChI=1S/C36H65NO10/c1-3-5-7-9-11-13-14-16-17-19-21-23-28(39)31(41)27(26-46-36-34(44)33(43)32(42)30(25-38)47-36)37-35(45)29(40)24-22-20-18-15-12-10-8-6-4-2/h9-12,16-17,27-34,36,38-44H,3-8,13-15,18-26H2,1-2H3,(H,37,45)/b11-9+,12-10-,17-16+. The summed E-state index contributed by atoms with van der Waals surface area (Å²) < 4.78 is 11.0. The first-order chi connectivity index (χ1) is 22.7. The Bertz CT molecular complexity index is 867. The van der Waals surface area contributed by atoms with Gasteiger partial charge in [-0.25, -0.2) is 0 Å². The molecule has 11 nitrogen and oxygen atoms in total. The summed E-state index contributed by atoms with van der Waals surface area (Å²) in [6.45, 7) is 3.24. The molecule has 11 heteroatoms. The van der Waals surface area contributed by atoms with Crippen LogP contribution in [0.25, 0.3) is 0 Å². The zero-order valence-electron chi connectivity index (χ0n) is 28.7. The van der Waals surface area contributed by atoms with E-state index < -0.39 is 74.2 Å². The fourth-order valence-electron chi connectivity index (χ4n) is 5.24. The van der Waals surface area contributed by atoms with Gasteiger partial charge in [-0.05, 0) is 64.2 Å². The van der Waals surface area contributed by atoms with Gasteiger partial charge in [0, 0.05) is 0 Å². The first-order valence-corrected chi connectivity index (χ1v) is 17.9. The normalized spacial score (nSPS) is 24.7. The summed E-state index contributed by atoms with van der Waals surface area (Å²) in [6, 6.07) is -1.19. The second-order valence-corrected chi connectivity index (χ2v) is 12.6. The molecular formula is C36H65NO10. The fraction of sp³-hybridized carbons (Fsp3) is 0.806. The van der Waals surface area contributed by atoms with Crippen molar-refractivity contribution in [3.63, 3.8) is 0 Å². The molecule has 1 amide bonds. The summed E-state index contributed by atoms with van der Waals surface area (Å²) in [4.78, 5) is 12.9. The molecule has 0 saturated carbocycles. The molecular weight excluding hydrogens is 606 g/mol. The number of allylic oxidation sites excluding steroid dienone is 6. The lowest BCUT2D eigenvalue weighted by molar-refractivity contribution is -0.303. The summed E-state index contributed by atoms with van der Waals surface area (Å²) in [6.07, 6.45) is 15.2. The minimum atomic E-state index is -1.67. The molecule has 0 bridgehead atoms. The van der Waals surface area contributed by atoms with Crippen LogP contribution in [0.15, 0.2) is 36.5 Å². The van der Waals surface area contributed by atoms with E-state index in [9.17, 15) is 40.5 Å². The van der Waals surface area contributed by atoms with Crippen LogP contribution in [-0.2, 0) is 14.3 Å². The lowest BCUT2D eigenvalue weighted by atomic mass is 9.98. The number of carbonyl (C=O) groups excluding carboxylic acids is 1. The third-order valence-corrected chi connectivity index (χ3v) is 8.39. The van der Waals surface area contributed by atoms with Gasteiger partial charge in [-0.1, -0.05) is 88.8 Å². The molecule has 274 valence electrons. The Balaban J connectivity index is 2.68. The van der Waals surface area contributed by atoms with Crippen LogP contribution in [0, 0.1) is 0 Å². The van der Waals surface area contributed by atoms with Crippen LogP contribution in [0.4, 0.5) is 0 Å². The van der Waals surface area contributed by atoms with Gasteiger partial charge in [0.1, 0.15) is 36.6 Å². The van der Waals surface area contributed by atoms with E-state index in [1.165, 1.54) is 19.3 Å². The molecule has 0 aromatic carbocycles. The maximum atomic E-state index is 12.9. The van der Waals surface area contributed by atoms with Crippen molar-refractivity contribution in [2.24, 2.45) is 0 Å². The van der Waals surface area contributed by atoms with Gasteiger partial charge in [0.05, 0.1) is 25.4 Å². The number of rotatable bonds is 27.